The van der Waals surface area contributed by atoms with Gasteiger partial charge in [-0.15, -0.1) is 0 Å². The molecule has 0 aliphatic carbocycles. The van der Waals surface area contributed by atoms with Crippen LogP contribution in [-0.4, -0.2) is 16.0 Å². The van der Waals surface area contributed by atoms with E-state index in [4.69, 9.17) is 10.5 Å². The van der Waals surface area contributed by atoms with Crippen molar-refractivity contribution in [3.63, 3.8) is 0 Å². The first-order chi connectivity index (χ1) is 8.31. The molecular weight excluding hydrogens is 254 g/mol. The minimum absolute atomic E-state index is 0.668. The molecule has 0 amide bonds. The Hall–Kier alpha value is -1.27. The highest BCUT2D eigenvalue weighted by Crippen LogP contribution is 2.37. The molecular formula is C11H13N3OS2. The van der Waals surface area contributed by atoms with Crippen LogP contribution in [0.2, 0.25) is 0 Å². The highest BCUT2D eigenvalue weighted by Gasteiger charge is 2.08. The second kappa shape index (κ2) is 5.88. The summed E-state index contributed by atoms with van der Waals surface area (Å²) in [5.41, 5.74) is 6.72. The molecule has 0 fully saturated rings. The smallest absolute Gasteiger partial charge is 0.174 e. The lowest BCUT2D eigenvalue weighted by Gasteiger charge is -2.10. The van der Waals surface area contributed by atoms with Gasteiger partial charge in [0.05, 0.1) is 12.3 Å². The van der Waals surface area contributed by atoms with Gasteiger partial charge in [-0.2, -0.15) is 4.37 Å². The zero-order valence-corrected chi connectivity index (χ0v) is 11.1. The van der Waals surface area contributed by atoms with Crippen LogP contribution >= 0.6 is 23.3 Å². The van der Waals surface area contributed by atoms with Gasteiger partial charge < -0.3 is 10.5 Å². The van der Waals surface area contributed by atoms with Crippen LogP contribution in [0.1, 0.15) is 13.3 Å². The van der Waals surface area contributed by atoms with Crippen LogP contribution in [0.5, 0.6) is 5.75 Å². The molecule has 0 aliphatic heterocycles. The topological polar surface area (TPSA) is 61.0 Å². The fourth-order valence-electron chi connectivity index (χ4n) is 1.25. The molecule has 90 valence electrons. The lowest BCUT2D eigenvalue weighted by Crippen LogP contribution is -1.99. The van der Waals surface area contributed by atoms with Crippen molar-refractivity contribution in [2.24, 2.45) is 0 Å². The molecule has 1 aromatic carbocycles. The van der Waals surface area contributed by atoms with Crippen LogP contribution in [0.15, 0.2) is 33.8 Å². The Labute approximate surface area is 108 Å². The van der Waals surface area contributed by atoms with Crippen molar-refractivity contribution < 1.29 is 4.74 Å². The Morgan fingerprint density at radius 2 is 2.35 bits per heavy atom. The monoisotopic (exact) mass is 267 g/mol. The molecule has 6 heteroatoms. The number of nitrogens with two attached hydrogens (primary N) is 1. The third-order valence-electron chi connectivity index (χ3n) is 2.03. The fourth-order valence-corrected chi connectivity index (χ4v) is 2.72. The molecule has 2 rings (SSSR count). The summed E-state index contributed by atoms with van der Waals surface area (Å²) in [6, 6.07) is 5.78. The fraction of sp³-hybridized carbons (Fsp3) is 0.273. The van der Waals surface area contributed by atoms with Gasteiger partial charge in [-0.3, -0.25) is 0 Å². The van der Waals surface area contributed by atoms with E-state index in [0.29, 0.717) is 12.3 Å². The van der Waals surface area contributed by atoms with Crippen LogP contribution in [0.25, 0.3) is 0 Å². The van der Waals surface area contributed by atoms with Gasteiger partial charge in [-0.25, -0.2) is 4.98 Å². The summed E-state index contributed by atoms with van der Waals surface area (Å²) in [6.07, 6.45) is 2.51. The number of aromatic nitrogens is 2. The van der Waals surface area contributed by atoms with E-state index >= 15 is 0 Å². The molecule has 4 nitrogen and oxygen atoms in total. The molecule has 1 aromatic heterocycles. The first kappa shape index (κ1) is 12.2. The molecule has 1 heterocycles. The minimum Gasteiger partial charge on any atom is -0.491 e. The number of para-hydroxylation sites is 1. The predicted octanol–water partition coefficient (Wildman–Crippen LogP) is 3.06. The number of ether oxygens (including phenoxy) is 1. The van der Waals surface area contributed by atoms with Gasteiger partial charge in [0, 0.05) is 4.90 Å². The van der Waals surface area contributed by atoms with E-state index < -0.39 is 0 Å². The summed E-state index contributed by atoms with van der Waals surface area (Å²) in [7, 11) is 0. The van der Waals surface area contributed by atoms with E-state index in [2.05, 4.69) is 16.3 Å². The number of nitrogen functional groups attached to an aromatic ring is 1. The van der Waals surface area contributed by atoms with Crippen molar-refractivity contribution >= 4 is 29.0 Å². The molecule has 0 saturated carbocycles. The van der Waals surface area contributed by atoms with Crippen molar-refractivity contribution in [2.45, 2.75) is 22.6 Å². The summed E-state index contributed by atoms with van der Waals surface area (Å²) in [5.74, 6) is 0.737. The van der Waals surface area contributed by atoms with Crippen molar-refractivity contribution in [1.29, 1.82) is 0 Å². The van der Waals surface area contributed by atoms with E-state index in [-0.39, 0.29) is 0 Å². The SMILES string of the molecule is CCCOc1cccc(Sc2ncns2)c1N. The number of hydrogen-bond acceptors (Lipinski definition) is 6. The zero-order chi connectivity index (χ0) is 12.1. The van der Waals surface area contributed by atoms with Crippen LogP contribution in [0.4, 0.5) is 5.69 Å². The second-order valence-corrected chi connectivity index (χ2v) is 5.39. The molecule has 0 bridgehead atoms. The van der Waals surface area contributed by atoms with E-state index in [1.807, 2.05) is 18.2 Å². The maximum Gasteiger partial charge on any atom is 0.174 e. The molecule has 0 spiro atoms. The van der Waals surface area contributed by atoms with Gasteiger partial charge in [0.1, 0.15) is 12.1 Å². The first-order valence-electron chi connectivity index (χ1n) is 5.27. The van der Waals surface area contributed by atoms with Crippen LogP contribution in [0.3, 0.4) is 0 Å². The van der Waals surface area contributed by atoms with Gasteiger partial charge in [0.15, 0.2) is 4.34 Å². The van der Waals surface area contributed by atoms with Gasteiger partial charge in [-0.1, -0.05) is 24.8 Å². The summed E-state index contributed by atoms with van der Waals surface area (Å²) in [4.78, 5) is 5.07. The van der Waals surface area contributed by atoms with Crippen molar-refractivity contribution in [2.75, 3.05) is 12.3 Å². The summed E-state index contributed by atoms with van der Waals surface area (Å²) < 4.78 is 10.4. The molecule has 0 radical (unpaired) electrons. The Kier molecular flexibility index (Phi) is 4.22. The molecule has 2 aromatic rings. The van der Waals surface area contributed by atoms with Crippen molar-refractivity contribution in [3.05, 3.63) is 24.5 Å². The molecule has 0 saturated heterocycles. The number of nitrogens with zero attached hydrogens (tertiary/aromatic N) is 2. The number of benzene rings is 1. The predicted molar refractivity (Wildman–Crippen MR) is 70.7 cm³/mol. The highest BCUT2D eigenvalue weighted by molar-refractivity contribution is 8.01. The maximum absolute atomic E-state index is 6.05. The molecule has 0 atom stereocenters. The first-order valence-corrected chi connectivity index (χ1v) is 6.86. The number of rotatable bonds is 5. The Balaban J connectivity index is 2.17. The van der Waals surface area contributed by atoms with Gasteiger partial charge in [0.25, 0.3) is 0 Å². The molecule has 0 unspecified atom stereocenters. The third-order valence-corrected chi connectivity index (χ3v) is 3.82. The quantitative estimate of drug-likeness (QED) is 0.844. The number of anilines is 1. The third kappa shape index (κ3) is 3.10. The van der Waals surface area contributed by atoms with Crippen molar-refractivity contribution in [3.8, 4) is 5.75 Å². The molecule has 17 heavy (non-hydrogen) atoms. The Morgan fingerprint density at radius 1 is 1.47 bits per heavy atom. The Morgan fingerprint density at radius 3 is 3.06 bits per heavy atom. The molecule has 0 aliphatic rings. The summed E-state index contributed by atoms with van der Waals surface area (Å²) in [6.45, 7) is 2.74. The average Bonchev–Trinajstić information content (AvgIpc) is 2.83. The van der Waals surface area contributed by atoms with E-state index in [1.165, 1.54) is 23.3 Å². The van der Waals surface area contributed by atoms with Gasteiger partial charge >= 0.3 is 0 Å². The maximum atomic E-state index is 6.05. The zero-order valence-electron chi connectivity index (χ0n) is 9.42. The second-order valence-electron chi connectivity index (χ2n) is 3.33. The molecule has 2 N–H and O–H groups in total. The largest absolute Gasteiger partial charge is 0.491 e. The number of hydrogen-bond donors (Lipinski definition) is 1. The highest BCUT2D eigenvalue weighted by atomic mass is 32.2. The lowest BCUT2D eigenvalue weighted by molar-refractivity contribution is 0.318. The summed E-state index contributed by atoms with van der Waals surface area (Å²) >= 11 is 2.86. The minimum atomic E-state index is 0.668. The van der Waals surface area contributed by atoms with Gasteiger partial charge in [0.2, 0.25) is 0 Å². The standard InChI is InChI=1S/C11H13N3OS2/c1-2-6-15-8-4-3-5-9(10(8)12)16-11-13-7-14-17-11/h3-5,7H,2,6,12H2,1H3. The van der Waals surface area contributed by atoms with E-state index in [1.54, 1.807) is 6.33 Å². The lowest BCUT2D eigenvalue weighted by atomic mass is 10.3. The van der Waals surface area contributed by atoms with E-state index in [9.17, 15) is 0 Å². The summed E-state index contributed by atoms with van der Waals surface area (Å²) in [5, 5.41) is 0. The Bertz CT molecular complexity index is 474. The van der Waals surface area contributed by atoms with Crippen LogP contribution in [0, 0.1) is 0 Å². The van der Waals surface area contributed by atoms with Crippen molar-refractivity contribution in [1.82, 2.24) is 9.36 Å². The normalized spacial score (nSPS) is 10.4. The average molecular weight is 267 g/mol. The van der Waals surface area contributed by atoms with Gasteiger partial charge in [-0.05, 0) is 30.1 Å². The van der Waals surface area contributed by atoms with E-state index in [0.717, 1.165) is 21.4 Å². The van der Waals surface area contributed by atoms with Crippen LogP contribution < -0.4 is 10.5 Å². The van der Waals surface area contributed by atoms with Crippen LogP contribution in [-0.2, 0) is 0 Å².